The smallest absolute Gasteiger partial charge is 0.251 e. The van der Waals surface area contributed by atoms with Gasteiger partial charge in [-0.1, -0.05) is 17.7 Å². The molecule has 0 bridgehead atoms. The fourth-order valence-electron chi connectivity index (χ4n) is 3.43. The standard InChI is InChI=1S/C23H31N5O2.HI/c1-3-24-23(26-14-13-25-22(30)18-6-10-21(29)11-7-18)27-19-12-15-28(16-19)20-8-4-17(2)5-9-20;/h4-11,19,29H,3,12-16H2,1-2H3,(H,25,30)(H2,24,26,27);1H. The minimum atomic E-state index is -0.173. The number of phenols is 1. The number of halogens is 1. The number of aliphatic imine (C=N–C) groups is 1. The summed E-state index contributed by atoms with van der Waals surface area (Å²) in [6.07, 6.45) is 1.05. The van der Waals surface area contributed by atoms with Crippen LogP contribution in [0.15, 0.2) is 53.5 Å². The zero-order valence-corrected chi connectivity index (χ0v) is 20.4. The van der Waals surface area contributed by atoms with Crippen LogP contribution in [-0.2, 0) is 0 Å². The monoisotopic (exact) mass is 537 g/mol. The summed E-state index contributed by atoms with van der Waals surface area (Å²) < 4.78 is 0. The molecule has 4 N–H and O–H groups in total. The van der Waals surface area contributed by atoms with E-state index in [4.69, 9.17) is 0 Å². The molecule has 7 nitrogen and oxygen atoms in total. The highest BCUT2D eigenvalue weighted by molar-refractivity contribution is 14.0. The van der Waals surface area contributed by atoms with Crippen LogP contribution in [0.25, 0.3) is 0 Å². The van der Waals surface area contributed by atoms with Gasteiger partial charge in [0.2, 0.25) is 0 Å². The number of phenolic OH excluding ortho intramolecular Hbond substituents is 1. The van der Waals surface area contributed by atoms with E-state index < -0.39 is 0 Å². The number of hydrogen-bond acceptors (Lipinski definition) is 4. The number of aryl methyl sites for hydroxylation is 1. The molecule has 0 saturated carbocycles. The molecule has 1 heterocycles. The molecule has 2 aromatic rings. The van der Waals surface area contributed by atoms with Crippen LogP contribution >= 0.6 is 24.0 Å². The lowest BCUT2D eigenvalue weighted by molar-refractivity contribution is 0.0955. The molecule has 31 heavy (non-hydrogen) atoms. The minimum absolute atomic E-state index is 0. The zero-order valence-electron chi connectivity index (χ0n) is 18.1. The number of amides is 1. The Morgan fingerprint density at radius 2 is 1.84 bits per heavy atom. The molecule has 0 aliphatic carbocycles. The van der Waals surface area contributed by atoms with Gasteiger partial charge in [0, 0.05) is 43.5 Å². The third-order valence-electron chi connectivity index (χ3n) is 5.07. The summed E-state index contributed by atoms with van der Waals surface area (Å²) in [6, 6.07) is 15.2. The molecule has 1 atom stereocenters. The molecule has 1 fully saturated rings. The molecular weight excluding hydrogens is 505 g/mol. The van der Waals surface area contributed by atoms with Crippen LogP contribution < -0.4 is 20.9 Å². The van der Waals surface area contributed by atoms with Crippen LogP contribution in [0.1, 0.15) is 29.3 Å². The Morgan fingerprint density at radius 1 is 1.13 bits per heavy atom. The van der Waals surface area contributed by atoms with Gasteiger partial charge < -0.3 is 26.0 Å². The summed E-state index contributed by atoms with van der Waals surface area (Å²) >= 11 is 0. The Labute approximate surface area is 201 Å². The first-order chi connectivity index (χ1) is 14.5. The Kier molecular flexibility index (Phi) is 9.90. The van der Waals surface area contributed by atoms with E-state index in [9.17, 15) is 9.90 Å². The Hall–Kier alpha value is -2.49. The fraction of sp³-hybridized carbons (Fsp3) is 0.391. The maximum atomic E-state index is 12.1. The summed E-state index contributed by atoms with van der Waals surface area (Å²) in [5.74, 6) is 0.741. The number of guanidine groups is 1. The van der Waals surface area contributed by atoms with Gasteiger partial charge in [-0.15, -0.1) is 24.0 Å². The SMILES string of the molecule is CCNC(=NCCNC(=O)c1ccc(O)cc1)NC1CCN(c2ccc(C)cc2)C1.I. The second-order valence-electron chi connectivity index (χ2n) is 7.47. The normalized spacial score (nSPS) is 15.9. The van der Waals surface area contributed by atoms with E-state index >= 15 is 0 Å². The zero-order chi connectivity index (χ0) is 21.3. The Balaban J connectivity index is 0.00000341. The van der Waals surface area contributed by atoms with Crippen LogP contribution in [0.5, 0.6) is 5.75 Å². The molecule has 1 saturated heterocycles. The van der Waals surface area contributed by atoms with Crippen LogP contribution in [-0.4, -0.2) is 55.7 Å². The lowest BCUT2D eigenvalue weighted by atomic mass is 10.2. The minimum Gasteiger partial charge on any atom is -0.508 e. The number of hydrogen-bond donors (Lipinski definition) is 4. The fourth-order valence-corrected chi connectivity index (χ4v) is 3.43. The number of aromatic hydroxyl groups is 1. The average Bonchev–Trinajstić information content (AvgIpc) is 3.20. The van der Waals surface area contributed by atoms with Crippen LogP contribution in [0.4, 0.5) is 5.69 Å². The highest BCUT2D eigenvalue weighted by atomic mass is 127. The molecule has 0 spiro atoms. The van der Waals surface area contributed by atoms with Gasteiger partial charge >= 0.3 is 0 Å². The van der Waals surface area contributed by atoms with Crippen molar-refractivity contribution in [2.45, 2.75) is 26.3 Å². The average molecular weight is 537 g/mol. The summed E-state index contributed by atoms with van der Waals surface area (Å²) in [5.41, 5.74) is 3.04. The Morgan fingerprint density at radius 3 is 2.52 bits per heavy atom. The van der Waals surface area contributed by atoms with Gasteiger partial charge in [0.1, 0.15) is 5.75 Å². The van der Waals surface area contributed by atoms with Crippen molar-refractivity contribution in [2.24, 2.45) is 4.99 Å². The topological polar surface area (TPSA) is 89.0 Å². The van der Waals surface area contributed by atoms with Crippen molar-refractivity contribution in [1.29, 1.82) is 0 Å². The number of nitrogens with one attached hydrogen (secondary N) is 3. The first-order valence-electron chi connectivity index (χ1n) is 10.5. The summed E-state index contributed by atoms with van der Waals surface area (Å²) in [5, 5.41) is 18.9. The Bertz CT molecular complexity index is 855. The molecule has 0 radical (unpaired) electrons. The number of carbonyl (C=O) groups is 1. The summed E-state index contributed by atoms with van der Waals surface area (Å²) in [6.45, 7) is 7.79. The molecule has 1 unspecified atom stereocenters. The molecule has 0 aromatic heterocycles. The second kappa shape index (κ2) is 12.4. The number of anilines is 1. The highest BCUT2D eigenvalue weighted by Gasteiger charge is 2.23. The molecular formula is C23H32IN5O2. The van der Waals surface area contributed by atoms with Crippen molar-refractivity contribution in [3.8, 4) is 5.75 Å². The van der Waals surface area contributed by atoms with E-state index in [1.54, 1.807) is 12.1 Å². The quantitative estimate of drug-likeness (QED) is 0.189. The number of carbonyl (C=O) groups excluding carboxylic acids is 1. The predicted molar refractivity (Wildman–Crippen MR) is 137 cm³/mol. The van der Waals surface area contributed by atoms with Gasteiger partial charge in [-0.25, -0.2) is 0 Å². The van der Waals surface area contributed by atoms with Crippen molar-refractivity contribution < 1.29 is 9.90 Å². The molecule has 1 amide bonds. The van der Waals surface area contributed by atoms with Crippen LogP contribution in [0, 0.1) is 6.92 Å². The molecule has 168 valence electrons. The largest absolute Gasteiger partial charge is 0.508 e. The first-order valence-corrected chi connectivity index (χ1v) is 10.5. The van der Waals surface area contributed by atoms with Crippen LogP contribution in [0.3, 0.4) is 0 Å². The van der Waals surface area contributed by atoms with E-state index in [0.717, 1.165) is 32.0 Å². The molecule has 2 aromatic carbocycles. The van der Waals surface area contributed by atoms with Crippen molar-refractivity contribution >= 4 is 41.5 Å². The molecule has 8 heteroatoms. The van der Waals surface area contributed by atoms with E-state index in [1.807, 2.05) is 6.92 Å². The van der Waals surface area contributed by atoms with Gasteiger partial charge in [-0.2, -0.15) is 0 Å². The van der Waals surface area contributed by atoms with Gasteiger partial charge in [0.15, 0.2) is 5.96 Å². The van der Waals surface area contributed by atoms with E-state index in [1.165, 1.54) is 23.4 Å². The van der Waals surface area contributed by atoms with Crippen molar-refractivity contribution in [2.75, 3.05) is 37.6 Å². The number of nitrogens with zero attached hydrogens (tertiary/aromatic N) is 2. The lowest BCUT2D eigenvalue weighted by Crippen LogP contribution is -2.45. The molecule has 3 rings (SSSR count). The summed E-state index contributed by atoms with van der Waals surface area (Å²) in [7, 11) is 0. The van der Waals surface area contributed by atoms with Gasteiger partial charge in [0.25, 0.3) is 5.91 Å². The van der Waals surface area contributed by atoms with E-state index in [0.29, 0.717) is 24.7 Å². The van der Waals surface area contributed by atoms with Crippen LogP contribution in [0.2, 0.25) is 0 Å². The lowest BCUT2D eigenvalue weighted by Gasteiger charge is -2.20. The first kappa shape index (κ1) is 24.8. The van der Waals surface area contributed by atoms with E-state index in [-0.39, 0.29) is 35.6 Å². The maximum Gasteiger partial charge on any atom is 0.251 e. The third-order valence-corrected chi connectivity index (χ3v) is 5.07. The highest BCUT2D eigenvalue weighted by Crippen LogP contribution is 2.20. The van der Waals surface area contributed by atoms with Crippen molar-refractivity contribution in [1.82, 2.24) is 16.0 Å². The maximum absolute atomic E-state index is 12.1. The second-order valence-corrected chi connectivity index (χ2v) is 7.47. The third kappa shape index (κ3) is 7.61. The summed E-state index contributed by atoms with van der Waals surface area (Å²) in [4.78, 5) is 19.1. The van der Waals surface area contributed by atoms with E-state index in [2.05, 4.69) is 57.0 Å². The number of rotatable bonds is 7. The van der Waals surface area contributed by atoms with Gasteiger partial charge in [-0.3, -0.25) is 9.79 Å². The van der Waals surface area contributed by atoms with Crippen molar-refractivity contribution in [3.63, 3.8) is 0 Å². The predicted octanol–water partition coefficient (Wildman–Crippen LogP) is 2.88. The van der Waals surface area contributed by atoms with Gasteiger partial charge in [0.05, 0.1) is 6.54 Å². The van der Waals surface area contributed by atoms with Gasteiger partial charge in [-0.05, 0) is 56.7 Å². The molecule has 1 aliphatic rings. The molecule has 1 aliphatic heterocycles. The van der Waals surface area contributed by atoms with Crippen molar-refractivity contribution in [3.05, 3.63) is 59.7 Å². The number of benzene rings is 2.